The second-order valence-corrected chi connectivity index (χ2v) is 7.29. The third-order valence-electron chi connectivity index (χ3n) is 3.33. The first-order valence-corrected chi connectivity index (χ1v) is 9.35. The van der Waals surface area contributed by atoms with Crippen molar-refractivity contribution in [1.82, 2.24) is 19.9 Å². The minimum Gasteiger partial charge on any atom is -0.352 e. The number of hydrogen-bond donors (Lipinski definition) is 3. The van der Waals surface area contributed by atoms with Crippen molar-refractivity contribution in [3.8, 4) is 0 Å². The molecule has 3 rings (SSSR count). The normalized spacial score (nSPS) is 10.7. The summed E-state index contributed by atoms with van der Waals surface area (Å²) in [5, 5.41) is 9.71. The summed E-state index contributed by atoms with van der Waals surface area (Å²) in [4.78, 5) is 30.2. The van der Waals surface area contributed by atoms with Crippen LogP contribution >= 0.6 is 11.3 Å². The van der Waals surface area contributed by atoms with Crippen LogP contribution in [0.15, 0.2) is 36.5 Å². The van der Waals surface area contributed by atoms with Gasteiger partial charge in [-0.15, -0.1) is 11.3 Å². The molecule has 0 bridgehead atoms. The fourth-order valence-corrected chi connectivity index (χ4v) is 3.09. The molecule has 8 nitrogen and oxygen atoms in total. The van der Waals surface area contributed by atoms with Crippen LogP contribution in [-0.2, 0) is 11.2 Å². The summed E-state index contributed by atoms with van der Waals surface area (Å²) in [6.07, 6.45) is 1.93. The summed E-state index contributed by atoms with van der Waals surface area (Å²) >= 11 is 1.39. The van der Waals surface area contributed by atoms with E-state index in [9.17, 15) is 4.79 Å². The molecular formula is C18H27N7OS. The highest BCUT2D eigenvalue weighted by Crippen LogP contribution is 2.22. The molecule has 2 aromatic heterocycles. The Morgan fingerprint density at radius 1 is 1.15 bits per heavy atom. The monoisotopic (exact) mass is 389 g/mol. The Hall–Kier alpha value is -3.07. The topological polar surface area (TPSA) is 105 Å². The predicted octanol–water partition coefficient (Wildman–Crippen LogP) is 4.12. The first-order chi connectivity index (χ1) is 13.0. The molecule has 0 radical (unpaired) electrons. The van der Waals surface area contributed by atoms with Crippen molar-refractivity contribution >= 4 is 40.0 Å². The minimum atomic E-state index is -0.0872. The van der Waals surface area contributed by atoms with Gasteiger partial charge in [0.25, 0.3) is 0 Å². The maximum Gasteiger partial charge on any atom is 0.234 e. The molecule has 0 spiro atoms. The van der Waals surface area contributed by atoms with Gasteiger partial charge in [-0.3, -0.25) is 10.1 Å². The van der Waals surface area contributed by atoms with E-state index in [0.29, 0.717) is 22.9 Å². The molecule has 3 N–H and O–H groups in total. The van der Waals surface area contributed by atoms with Crippen LogP contribution < -0.4 is 16.0 Å². The molecule has 3 aromatic rings. The Kier molecular flexibility index (Phi) is 5.92. The van der Waals surface area contributed by atoms with E-state index in [1.807, 2.05) is 44.2 Å². The Balaban J connectivity index is 0.00000280. The summed E-state index contributed by atoms with van der Waals surface area (Å²) in [5.74, 6) is 1.45. The average molecular weight is 390 g/mol. The first-order valence-electron chi connectivity index (χ1n) is 8.54. The number of nitrogens with zero attached hydrogens (tertiary/aromatic N) is 4. The third-order valence-corrected chi connectivity index (χ3v) is 4.24. The van der Waals surface area contributed by atoms with Crippen LogP contribution in [-0.4, -0.2) is 31.9 Å². The lowest BCUT2D eigenvalue weighted by atomic mass is 10.3. The number of aromatic nitrogens is 4. The highest BCUT2D eigenvalue weighted by atomic mass is 32.1. The Labute approximate surface area is 166 Å². The SMILES string of the molecule is Cc1nc(Nc2ncc(CC(=O)Nc3ccccc3)s2)nc(NC(C)C)n1.[HH].[HH].[HH]. The van der Waals surface area contributed by atoms with Crippen LogP contribution in [0.2, 0.25) is 0 Å². The fraction of sp³-hybridized carbons (Fsp3) is 0.278. The molecule has 0 aliphatic carbocycles. The largest absolute Gasteiger partial charge is 0.352 e. The van der Waals surface area contributed by atoms with Gasteiger partial charge in [0.2, 0.25) is 17.8 Å². The van der Waals surface area contributed by atoms with Crippen LogP contribution in [0, 0.1) is 6.92 Å². The molecule has 9 heteroatoms. The Bertz CT molecular complexity index is 925. The zero-order valence-corrected chi connectivity index (χ0v) is 16.2. The molecule has 1 aromatic carbocycles. The zero-order valence-electron chi connectivity index (χ0n) is 15.4. The molecule has 0 fully saturated rings. The molecular weight excluding hydrogens is 362 g/mol. The average Bonchev–Trinajstić information content (AvgIpc) is 3.01. The fourth-order valence-electron chi connectivity index (χ4n) is 2.29. The lowest BCUT2D eigenvalue weighted by Crippen LogP contribution is -2.14. The number of nitrogens with one attached hydrogen (secondary N) is 3. The van der Waals surface area contributed by atoms with Crippen molar-refractivity contribution in [2.24, 2.45) is 0 Å². The summed E-state index contributed by atoms with van der Waals surface area (Å²) in [7, 11) is 0. The van der Waals surface area contributed by atoms with Crippen LogP contribution in [0.1, 0.15) is 28.8 Å². The molecule has 0 unspecified atom stereocenters. The van der Waals surface area contributed by atoms with E-state index in [0.717, 1.165) is 10.6 Å². The summed E-state index contributed by atoms with van der Waals surface area (Å²) in [5.41, 5.74) is 0.774. The number of thiazole rings is 1. The molecule has 0 saturated carbocycles. The molecule has 0 atom stereocenters. The number of anilines is 4. The van der Waals surface area contributed by atoms with Crippen molar-refractivity contribution < 1.29 is 9.07 Å². The van der Waals surface area contributed by atoms with Gasteiger partial charge in [-0.1, -0.05) is 18.2 Å². The van der Waals surface area contributed by atoms with Crippen molar-refractivity contribution in [2.45, 2.75) is 33.2 Å². The molecule has 0 saturated heterocycles. The molecule has 146 valence electrons. The highest BCUT2D eigenvalue weighted by molar-refractivity contribution is 7.15. The van der Waals surface area contributed by atoms with Gasteiger partial charge in [0, 0.05) is 27.1 Å². The highest BCUT2D eigenvalue weighted by Gasteiger charge is 2.10. The maximum absolute atomic E-state index is 12.1. The van der Waals surface area contributed by atoms with Gasteiger partial charge in [-0.25, -0.2) is 4.98 Å². The maximum atomic E-state index is 12.1. The van der Waals surface area contributed by atoms with Crippen molar-refractivity contribution in [2.75, 3.05) is 16.0 Å². The number of carbonyl (C=O) groups excluding carboxylic acids is 1. The van der Waals surface area contributed by atoms with E-state index in [2.05, 4.69) is 35.9 Å². The van der Waals surface area contributed by atoms with Gasteiger partial charge in [0.1, 0.15) is 5.82 Å². The quantitative estimate of drug-likeness (QED) is 0.558. The number of hydrogen-bond acceptors (Lipinski definition) is 8. The smallest absolute Gasteiger partial charge is 0.234 e. The van der Waals surface area contributed by atoms with Gasteiger partial charge in [-0.05, 0) is 32.9 Å². The molecule has 1 amide bonds. The summed E-state index contributed by atoms with van der Waals surface area (Å²) < 4.78 is 0. The third kappa shape index (κ3) is 5.71. The first kappa shape index (κ1) is 18.7. The Morgan fingerprint density at radius 2 is 1.89 bits per heavy atom. The van der Waals surface area contributed by atoms with Gasteiger partial charge in [0.15, 0.2) is 5.13 Å². The lowest BCUT2D eigenvalue weighted by Gasteiger charge is -2.09. The van der Waals surface area contributed by atoms with Crippen molar-refractivity contribution in [1.29, 1.82) is 0 Å². The van der Waals surface area contributed by atoms with Crippen LogP contribution in [0.3, 0.4) is 0 Å². The van der Waals surface area contributed by atoms with E-state index in [1.165, 1.54) is 11.3 Å². The van der Waals surface area contributed by atoms with E-state index in [4.69, 9.17) is 0 Å². The summed E-state index contributed by atoms with van der Waals surface area (Å²) in [6.45, 7) is 5.83. The summed E-state index contributed by atoms with van der Waals surface area (Å²) in [6, 6.07) is 9.58. The molecule has 0 aliphatic rings. The van der Waals surface area contributed by atoms with Crippen LogP contribution in [0.25, 0.3) is 0 Å². The molecule has 0 aliphatic heterocycles. The molecule has 2 heterocycles. The second kappa shape index (κ2) is 8.54. The standard InChI is InChI=1S/C18H21N7OS.3H2/c1-11(2)20-16-21-12(3)22-17(24-16)25-18-19-10-14(27-18)9-15(26)23-13-7-5-4-6-8-13;;;/h4-8,10-11H,9H2,1-3H3,(H,23,26)(H2,19,20,21,22,24,25);3*1H. The number of benzene rings is 1. The number of aryl methyl sites for hydroxylation is 1. The molecule has 27 heavy (non-hydrogen) atoms. The van der Waals surface area contributed by atoms with E-state index in [1.54, 1.807) is 13.1 Å². The lowest BCUT2D eigenvalue weighted by molar-refractivity contribution is -0.115. The van der Waals surface area contributed by atoms with E-state index >= 15 is 0 Å². The van der Waals surface area contributed by atoms with E-state index in [-0.39, 0.29) is 22.6 Å². The van der Waals surface area contributed by atoms with Crippen molar-refractivity contribution in [3.05, 3.63) is 47.2 Å². The predicted molar refractivity (Wildman–Crippen MR) is 114 cm³/mol. The minimum absolute atomic E-state index is 0. The van der Waals surface area contributed by atoms with Gasteiger partial charge in [-0.2, -0.15) is 15.0 Å². The number of amides is 1. The Morgan fingerprint density at radius 3 is 2.63 bits per heavy atom. The van der Waals surface area contributed by atoms with Crippen LogP contribution in [0.4, 0.5) is 22.7 Å². The number of rotatable bonds is 7. The van der Waals surface area contributed by atoms with Gasteiger partial charge >= 0.3 is 0 Å². The van der Waals surface area contributed by atoms with Crippen molar-refractivity contribution in [3.63, 3.8) is 0 Å². The van der Waals surface area contributed by atoms with E-state index < -0.39 is 0 Å². The van der Waals surface area contributed by atoms with Gasteiger partial charge in [0.05, 0.1) is 6.42 Å². The van der Waals surface area contributed by atoms with Gasteiger partial charge < -0.3 is 10.6 Å². The van der Waals surface area contributed by atoms with Crippen LogP contribution in [0.5, 0.6) is 0 Å². The second-order valence-electron chi connectivity index (χ2n) is 6.18. The number of para-hydroxylation sites is 1. The zero-order chi connectivity index (χ0) is 19.2. The number of carbonyl (C=O) groups is 1.